The van der Waals surface area contributed by atoms with E-state index in [-0.39, 0.29) is 10.6 Å². The Morgan fingerprint density at radius 1 is 0.833 bits per heavy atom. The minimum absolute atomic E-state index is 0.270. The van der Waals surface area contributed by atoms with Gasteiger partial charge in [0.2, 0.25) is 10.0 Å². The highest BCUT2D eigenvalue weighted by Gasteiger charge is 2.50. The number of methoxy groups -OCH3 is 1. The lowest BCUT2D eigenvalue weighted by molar-refractivity contribution is 0.272. The van der Waals surface area contributed by atoms with E-state index >= 15 is 0 Å². The SMILES string of the molecule is COc1ccc(CN2Cc3ccc(Nc4cc(C5CCC(CC(C)(C)[Si](O)(c6ccccc6)c6ccccc6)CC5)nn4C(C)(C)C)cc3S2(=O)=O)cc1. The number of nitrogens with one attached hydrogen (secondary N) is 1. The summed E-state index contributed by atoms with van der Waals surface area (Å²) in [6, 6.07) is 36.0. The van der Waals surface area contributed by atoms with Crippen molar-refractivity contribution in [2.24, 2.45) is 5.92 Å². The molecule has 0 spiro atoms. The van der Waals surface area contributed by atoms with Crippen LogP contribution in [0.25, 0.3) is 0 Å². The molecule has 2 N–H and O–H groups in total. The minimum atomic E-state index is -3.66. The maximum Gasteiger partial charge on any atom is 0.258 e. The van der Waals surface area contributed by atoms with Crippen LogP contribution in [0.3, 0.4) is 0 Å². The molecule has 1 aromatic heterocycles. The maximum absolute atomic E-state index is 13.7. The molecule has 1 saturated carbocycles. The van der Waals surface area contributed by atoms with E-state index < -0.39 is 18.3 Å². The van der Waals surface area contributed by atoms with Gasteiger partial charge in [0, 0.05) is 30.8 Å². The average Bonchev–Trinajstić information content (AvgIpc) is 3.70. The molecule has 0 radical (unpaired) electrons. The van der Waals surface area contributed by atoms with Gasteiger partial charge in [0.15, 0.2) is 0 Å². The summed E-state index contributed by atoms with van der Waals surface area (Å²) in [5.41, 5.74) is 3.22. The quantitative estimate of drug-likeness (QED) is 0.132. The zero-order chi connectivity index (χ0) is 38.3. The lowest BCUT2D eigenvalue weighted by Gasteiger charge is -2.44. The van der Waals surface area contributed by atoms with Crippen LogP contribution >= 0.6 is 0 Å². The van der Waals surface area contributed by atoms with E-state index in [1.54, 1.807) is 13.2 Å². The molecule has 10 heteroatoms. The van der Waals surface area contributed by atoms with E-state index in [9.17, 15) is 13.2 Å². The standard InChI is InChI=1S/C44H54N4O4SSi/c1-43(2,3)48-42(45-36-24-23-35-31-47(53(49,50)41(35)27-36)30-33-19-25-37(52-6)26-20-33)28-40(46-48)34-21-17-32(18-22-34)29-44(4,5)54(51,38-13-9-7-10-14-38)39-15-11-8-12-16-39/h7-16,19-20,23-28,32,34,45,51H,17-18,21-22,29-31H2,1-6H3. The molecule has 284 valence electrons. The van der Waals surface area contributed by atoms with Gasteiger partial charge in [0.25, 0.3) is 8.32 Å². The van der Waals surface area contributed by atoms with E-state index in [1.165, 1.54) is 4.31 Å². The number of anilines is 2. The number of nitrogens with zero attached hydrogens (tertiary/aromatic N) is 3. The molecule has 1 aliphatic carbocycles. The van der Waals surface area contributed by atoms with Crippen molar-refractivity contribution in [3.8, 4) is 5.75 Å². The van der Waals surface area contributed by atoms with E-state index in [2.05, 4.69) is 70.3 Å². The van der Waals surface area contributed by atoms with Gasteiger partial charge in [-0.1, -0.05) is 92.7 Å². The number of sulfonamides is 1. The highest BCUT2D eigenvalue weighted by molar-refractivity contribution is 7.89. The molecule has 7 rings (SSSR count). The topological polar surface area (TPSA) is 96.7 Å². The molecule has 1 aliphatic heterocycles. The lowest BCUT2D eigenvalue weighted by Crippen LogP contribution is -2.65. The number of benzene rings is 4. The molecule has 1 fully saturated rings. The van der Waals surface area contributed by atoms with Crippen molar-refractivity contribution in [2.45, 2.75) is 101 Å². The van der Waals surface area contributed by atoms with Gasteiger partial charge in [-0.2, -0.15) is 9.40 Å². The fourth-order valence-corrected chi connectivity index (χ4v) is 14.2. The fourth-order valence-electron chi connectivity index (χ4n) is 8.68. The summed E-state index contributed by atoms with van der Waals surface area (Å²) in [7, 11) is -5.11. The Kier molecular flexibility index (Phi) is 10.4. The van der Waals surface area contributed by atoms with Gasteiger partial charge in [-0.3, -0.25) is 0 Å². The van der Waals surface area contributed by atoms with Crippen LogP contribution in [-0.2, 0) is 28.7 Å². The van der Waals surface area contributed by atoms with Gasteiger partial charge in [0.1, 0.15) is 11.6 Å². The summed E-state index contributed by atoms with van der Waals surface area (Å²) in [5, 5.41) is 10.6. The molecule has 2 aliphatic rings. The van der Waals surface area contributed by atoms with Crippen molar-refractivity contribution in [3.63, 3.8) is 0 Å². The Hall–Kier alpha value is -4.22. The summed E-state index contributed by atoms with van der Waals surface area (Å²) in [6.45, 7) is 11.6. The van der Waals surface area contributed by atoms with Crippen LogP contribution in [0.1, 0.15) is 89.5 Å². The molecule has 0 amide bonds. The van der Waals surface area contributed by atoms with E-state index in [0.717, 1.165) is 76.6 Å². The lowest BCUT2D eigenvalue weighted by atomic mass is 9.77. The number of ether oxygens (including phenoxy) is 1. The number of rotatable bonds is 11. The zero-order valence-corrected chi connectivity index (χ0v) is 34.2. The molecular formula is C44H54N4O4SSi. The molecular weight excluding hydrogens is 709 g/mol. The van der Waals surface area contributed by atoms with Crippen molar-refractivity contribution in [1.82, 2.24) is 14.1 Å². The van der Waals surface area contributed by atoms with Gasteiger partial charge in [-0.05, 0) is 110 Å². The van der Waals surface area contributed by atoms with Crippen LogP contribution < -0.4 is 20.4 Å². The molecule has 0 atom stereocenters. The van der Waals surface area contributed by atoms with Gasteiger partial charge >= 0.3 is 0 Å². The molecule has 4 aromatic carbocycles. The van der Waals surface area contributed by atoms with Gasteiger partial charge in [-0.25, -0.2) is 13.1 Å². The predicted molar refractivity (Wildman–Crippen MR) is 220 cm³/mol. The van der Waals surface area contributed by atoms with E-state index in [0.29, 0.717) is 29.8 Å². The first-order chi connectivity index (χ1) is 25.7. The third-order valence-corrected chi connectivity index (χ3v) is 18.0. The first-order valence-corrected chi connectivity index (χ1v) is 22.5. The number of aromatic nitrogens is 2. The predicted octanol–water partition coefficient (Wildman–Crippen LogP) is 8.29. The smallest absolute Gasteiger partial charge is 0.258 e. The van der Waals surface area contributed by atoms with E-state index in [1.807, 2.05) is 77.5 Å². The van der Waals surface area contributed by atoms with Crippen LogP contribution in [0.4, 0.5) is 11.5 Å². The number of hydrogen-bond donors (Lipinski definition) is 2. The second-order valence-corrected chi connectivity index (χ2v) is 22.7. The highest BCUT2D eigenvalue weighted by Crippen LogP contribution is 2.47. The highest BCUT2D eigenvalue weighted by atomic mass is 32.2. The normalized spacial score (nSPS) is 19.0. The van der Waals surface area contributed by atoms with Crippen molar-refractivity contribution in [3.05, 3.63) is 126 Å². The molecule has 5 aromatic rings. The Bertz CT molecular complexity index is 2130. The fraction of sp³-hybridized carbons (Fsp3) is 0.386. The Morgan fingerprint density at radius 3 is 2.02 bits per heavy atom. The van der Waals surface area contributed by atoms with Crippen LogP contribution in [0.2, 0.25) is 5.04 Å². The third-order valence-electron chi connectivity index (χ3n) is 11.6. The van der Waals surface area contributed by atoms with Crippen LogP contribution in [0.15, 0.2) is 114 Å². The second kappa shape index (κ2) is 14.8. The largest absolute Gasteiger partial charge is 0.497 e. The molecule has 0 saturated heterocycles. The monoisotopic (exact) mass is 762 g/mol. The summed E-state index contributed by atoms with van der Waals surface area (Å²) in [6.07, 6.45) is 5.22. The Balaban J connectivity index is 1.05. The molecule has 0 bridgehead atoms. The molecule has 8 nitrogen and oxygen atoms in total. The van der Waals surface area contributed by atoms with Crippen molar-refractivity contribution >= 4 is 40.2 Å². The van der Waals surface area contributed by atoms with Gasteiger partial charge < -0.3 is 14.8 Å². The Morgan fingerprint density at radius 2 is 1.44 bits per heavy atom. The number of fused-ring (bicyclic) bond motifs is 1. The molecule has 54 heavy (non-hydrogen) atoms. The maximum atomic E-state index is 13.7. The molecule has 2 heterocycles. The number of hydrogen-bond acceptors (Lipinski definition) is 6. The first-order valence-electron chi connectivity index (χ1n) is 19.2. The molecule has 0 unspecified atom stereocenters. The minimum Gasteiger partial charge on any atom is -0.497 e. The second-order valence-electron chi connectivity index (χ2n) is 16.9. The average molecular weight is 763 g/mol. The van der Waals surface area contributed by atoms with Crippen molar-refractivity contribution in [2.75, 3.05) is 12.4 Å². The zero-order valence-electron chi connectivity index (χ0n) is 32.4. The van der Waals surface area contributed by atoms with Crippen molar-refractivity contribution < 1.29 is 18.0 Å². The summed E-state index contributed by atoms with van der Waals surface area (Å²) in [4.78, 5) is 13.1. The van der Waals surface area contributed by atoms with Crippen LogP contribution in [0.5, 0.6) is 5.75 Å². The Labute approximate surface area is 322 Å². The van der Waals surface area contributed by atoms with Crippen LogP contribution in [-0.4, -0.2) is 42.7 Å². The van der Waals surface area contributed by atoms with Crippen LogP contribution in [0, 0.1) is 5.92 Å². The van der Waals surface area contributed by atoms with Gasteiger partial charge in [0.05, 0.1) is 23.2 Å². The summed E-state index contributed by atoms with van der Waals surface area (Å²) < 4.78 is 36.3. The third kappa shape index (κ3) is 7.41. The van der Waals surface area contributed by atoms with E-state index in [4.69, 9.17) is 9.84 Å². The van der Waals surface area contributed by atoms with Crippen molar-refractivity contribution in [1.29, 1.82) is 0 Å². The summed E-state index contributed by atoms with van der Waals surface area (Å²) >= 11 is 0. The first kappa shape index (κ1) is 38.1. The summed E-state index contributed by atoms with van der Waals surface area (Å²) in [5.74, 6) is 2.44. The van der Waals surface area contributed by atoms with Gasteiger partial charge in [-0.15, -0.1) is 0 Å².